The van der Waals surface area contributed by atoms with E-state index < -0.39 is 0 Å². The van der Waals surface area contributed by atoms with E-state index in [1.165, 1.54) is 13.2 Å². The zero-order chi connectivity index (χ0) is 16.8. The summed E-state index contributed by atoms with van der Waals surface area (Å²) in [4.78, 5) is 14.0. The van der Waals surface area contributed by atoms with Crippen LogP contribution in [0.4, 0.5) is 9.18 Å². The SMILES string of the molecule is CC[C@@H]1CN(C(=O)NCc2ccc(COC)c(F)c2)C[C@H](C)O1. The monoisotopic (exact) mass is 324 g/mol. The molecule has 0 aliphatic carbocycles. The van der Waals surface area contributed by atoms with Crippen LogP contribution in [0.15, 0.2) is 18.2 Å². The third-order valence-corrected chi connectivity index (χ3v) is 3.93. The third-order valence-electron chi connectivity index (χ3n) is 3.93. The van der Waals surface area contributed by atoms with Crippen molar-refractivity contribution in [2.75, 3.05) is 20.2 Å². The topological polar surface area (TPSA) is 50.8 Å². The van der Waals surface area contributed by atoms with Crippen LogP contribution in [0.1, 0.15) is 31.4 Å². The molecule has 1 saturated heterocycles. The Morgan fingerprint density at radius 3 is 2.91 bits per heavy atom. The summed E-state index contributed by atoms with van der Waals surface area (Å²) in [5.74, 6) is -0.315. The molecule has 6 heteroatoms. The zero-order valence-corrected chi connectivity index (χ0v) is 14.0. The van der Waals surface area contributed by atoms with Crippen LogP contribution in [-0.2, 0) is 22.6 Å². The lowest BCUT2D eigenvalue weighted by Gasteiger charge is -2.36. The van der Waals surface area contributed by atoms with E-state index in [4.69, 9.17) is 9.47 Å². The number of hydrogen-bond donors (Lipinski definition) is 1. The van der Waals surface area contributed by atoms with Gasteiger partial charge in [-0.05, 0) is 25.0 Å². The molecule has 1 heterocycles. The van der Waals surface area contributed by atoms with Crippen LogP contribution in [0, 0.1) is 5.82 Å². The summed E-state index contributed by atoms with van der Waals surface area (Å²) < 4.78 is 24.5. The molecule has 1 aromatic rings. The van der Waals surface area contributed by atoms with E-state index in [1.807, 2.05) is 13.8 Å². The van der Waals surface area contributed by atoms with Gasteiger partial charge in [0.25, 0.3) is 0 Å². The Morgan fingerprint density at radius 2 is 2.26 bits per heavy atom. The second-order valence-corrected chi connectivity index (χ2v) is 5.90. The molecule has 2 rings (SSSR count). The van der Waals surface area contributed by atoms with Crippen LogP contribution in [0.25, 0.3) is 0 Å². The summed E-state index contributed by atoms with van der Waals surface area (Å²) in [6.45, 7) is 5.71. The number of carbonyl (C=O) groups excluding carboxylic acids is 1. The van der Waals surface area contributed by atoms with Gasteiger partial charge in [-0.15, -0.1) is 0 Å². The van der Waals surface area contributed by atoms with Crippen LogP contribution in [0.5, 0.6) is 0 Å². The van der Waals surface area contributed by atoms with Crippen LogP contribution >= 0.6 is 0 Å². The van der Waals surface area contributed by atoms with Crippen molar-refractivity contribution in [3.05, 3.63) is 35.1 Å². The highest BCUT2D eigenvalue weighted by Gasteiger charge is 2.27. The maximum Gasteiger partial charge on any atom is 0.317 e. The van der Waals surface area contributed by atoms with E-state index in [2.05, 4.69) is 5.32 Å². The quantitative estimate of drug-likeness (QED) is 0.906. The predicted octanol–water partition coefficient (Wildman–Crippen LogP) is 2.68. The van der Waals surface area contributed by atoms with Gasteiger partial charge in [-0.25, -0.2) is 9.18 Å². The number of hydrogen-bond acceptors (Lipinski definition) is 3. The molecule has 128 valence electrons. The Bertz CT molecular complexity index is 539. The Balaban J connectivity index is 1.90. The molecule has 1 aliphatic heterocycles. The predicted molar refractivity (Wildman–Crippen MR) is 85.5 cm³/mol. The highest BCUT2D eigenvalue weighted by atomic mass is 19.1. The van der Waals surface area contributed by atoms with Gasteiger partial charge in [0.05, 0.1) is 18.8 Å². The van der Waals surface area contributed by atoms with Crippen molar-refractivity contribution in [1.29, 1.82) is 0 Å². The van der Waals surface area contributed by atoms with Crippen molar-refractivity contribution < 1.29 is 18.7 Å². The minimum atomic E-state index is -0.315. The van der Waals surface area contributed by atoms with Crippen molar-refractivity contribution in [2.45, 2.75) is 45.6 Å². The van der Waals surface area contributed by atoms with Gasteiger partial charge in [-0.1, -0.05) is 19.1 Å². The van der Waals surface area contributed by atoms with Crippen molar-refractivity contribution in [3.8, 4) is 0 Å². The molecule has 0 radical (unpaired) electrons. The molecule has 1 N–H and O–H groups in total. The van der Waals surface area contributed by atoms with Gasteiger partial charge >= 0.3 is 6.03 Å². The maximum absolute atomic E-state index is 13.8. The first kappa shape index (κ1) is 17.7. The van der Waals surface area contributed by atoms with Gasteiger partial charge in [0, 0.05) is 32.3 Å². The Hall–Kier alpha value is -1.66. The standard InChI is InChI=1S/C17H25FN2O3/c1-4-15-10-20(9-12(2)23-15)17(21)19-8-13-5-6-14(11-22-3)16(18)7-13/h5-7,12,15H,4,8-11H2,1-3H3,(H,19,21)/t12-,15+/m0/s1. The average molecular weight is 324 g/mol. The van der Waals surface area contributed by atoms with Crippen molar-refractivity contribution >= 4 is 6.03 Å². The fraction of sp³-hybridized carbons (Fsp3) is 0.588. The molecule has 0 unspecified atom stereocenters. The lowest BCUT2D eigenvalue weighted by molar-refractivity contribution is -0.0646. The zero-order valence-electron chi connectivity index (χ0n) is 14.0. The summed E-state index contributed by atoms with van der Waals surface area (Å²) in [5.41, 5.74) is 1.24. The number of benzene rings is 1. The number of halogens is 1. The minimum Gasteiger partial charge on any atom is -0.380 e. The highest BCUT2D eigenvalue weighted by Crippen LogP contribution is 2.14. The molecule has 0 saturated carbocycles. The van der Waals surface area contributed by atoms with E-state index in [1.54, 1.807) is 17.0 Å². The summed E-state index contributed by atoms with van der Waals surface area (Å²) >= 11 is 0. The molecule has 0 aromatic heterocycles. The van der Waals surface area contributed by atoms with E-state index in [0.29, 0.717) is 25.2 Å². The Labute approximate surface area is 136 Å². The van der Waals surface area contributed by atoms with E-state index in [0.717, 1.165) is 12.0 Å². The first-order valence-electron chi connectivity index (χ1n) is 7.98. The number of morpholine rings is 1. The third kappa shape index (κ3) is 4.91. The van der Waals surface area contributed by atoms with Crippen LogP contribution < -0.4 is 5.32 Å². The van der Waals surface area contributed by atoms with Gasteiger partial charge in [0.1, 0.15) is 5.82 Å². The minimum absolute atomic E-state index is 0.0326. The van der Waals surface area contributed by atoms with Gasteiger partial charge in [-0.3, -0.25) is 0 Å². The maximum atomic E-state index is 13.8. The van der Waals surface area contributed by atoms with Gasteiger partial charge in [0.15, 0.2) is 0 Å². The highest BCUT2D eigenvalue weighted by molar-refractivity contribution is 5.74. The lowest BCUT2D eigenvalue weighted by Crippen LogP contribution is -2.52. The summed E-state index contributed by atoms with van der Waals surface area (Å²) in [6.07, 6.45) is 0.987. The molecular weight excluding hydrogens is 299 g/mol. The number of amides is 2. The van der Waals surface area contributed by atoms with Crippen LogP contribution in [0.2, 0.25) is 0 Å². The van der Waals surface area contributed by atoms with Gasteiger partial charge < -0.3 is 19.7 Å². The number of urea groups is 1. The second kappa shape index (κ2) is 8.26. The molecule has 1 fully saturated rings. The van der Waals surface area contributed by atoms with Gasteiger partial charge in [-0.2, -0.15) is 0 Å². The molecule has 1 aromatic carbocycles. The average Bonchev–Trinajstić information content (AvgIpc) is 2.54. The Morgan fingerprint density at radius 1 is 1.48 bits per heavy atom. The van der Waals surface area contributed by atoms with Gasteiger partial charge in [0.2, 0.25) is 0 Å². The van der Waals surface area contributed by atoms with Crippen LogP contribution in [-0.4, -0.2) is 43.3 Å². The summed E-state index contributed by atoms with van der Waals surface area (Å²) in [6, 6.07) is 4.78. The fourth-order valence-electron chi connectivity index (χ4n) is 2.70. The fourth-order valence-corrected chi connectivity index (χ4v) is 2.70. The number of methoxy groups -OCH3 is 1. The Kier molecular flexibility index (Phi) is 6.36. The number of rotatable bonds is 5. The number of ether oxygens (including phenoxy) is 2. The second-order valence-electron chi connectivity index (χ2n) is 5.90. The van der Waals surface area contributed by atoms with Crippen molar-refractivity contribution in [3.63, 3.8) is 0 Å². The first-order chi connectivity index (χ1) is 11.0. The van der Waals surface area contributed by atoms with E-state index >= 15 is 0 Å². The molecule has 5 nitrogen and oxygen atoms in total. The largest absolute Gasteiger partial charge is 0.380 e. The molecule has 23 heavy (non-hydrogen) atoms. The normalized spacial score (nSPS) is 21.3. The number of carbonyl (C=O) groups is 1. The summed E-state index contributed by atoms with van der Waals surface area (Å²) in [5, 5.41) is 2.85. The molecule has 2 amide bonds. The molecule has 0 bridgehead atoms. The molecule has 0 spiro atoms. The lowest BCUT2D eigenvalue weighted by atomic mass is 10.1. The smallest absolute Gasteiger partial charge is 0.317 e. The molecule has 1 aliphatic rings. The molecular formula is C17H25FN2O3. The van der Waals surface area contributed by atoms with Crippen molar-refractivity contribution in [2.24, 2.45) is 0 Å². The van der Waals surface area contributed by atoms with Crippen molar-refractivity contribution in [1.82, 2.24) is 10.2 Å². The number of nitrogens with one attached hydrogen (secondary N) is 1. The first-order valence-corrected chi connectivity index (χ1v) is 7.98. The van der Waals surface area contributed by atoms with E-state index in [9.17, 15) is 9.18 Å². The summed E-state index contributed by atoms with van der Waals surface area (Å²) in [7, 11) is 1.53. The van der Waals surface area contributed by atoms with E-state index in [-0.39, 0.29) is 30.7 Å². The number of nitrogens with zero attached hydrogens (tertiary/aromatic N) is 1. The van der Waals surface area contributed by atoms with Crippen LogP contribution in [0.3, 0.4) is 0 Å². The molecule has 2 atom stereocenters.